The SMILES string of the molecule is O=C1CCCCC1CN1CCCC(C(F)(F)F)C1. The van der Waals surface area contributed by atoms with E-state index in [1.54, 1.807) is 0 Å². The van der Waals surface area contributed by atoms with E-state index >= 15 is 0 Å². The monoisotopic (exact) mass is 263 g/mol. The van der Waals surface area contributed by atoms with E-state index in [4.69, 9.17) is 0 Å². The Bertz CT molecular complexity index is 303. The second-order valence-electron chi connectivity index (χ2n) is 5.55. The summed E-state index contributed by atoms with van der Waals surface area (Å²) < 4.78 is 38.0. The quantitative estimate of drug-likeness (QED) is 0.763. The van der Waals surface area contributed by atoms with E-state index in [0.717, 1.165) is 19.3 Å². The fraction of sp³-hybridized carbons (Fsp3) is 0.923. The van der Waals surface area contributed by atoms with Crippen molar-refractivity contribution in [3.05, 3.63) is 0 Å². The number of hydrogen-bond donors (Lipinski definition) is 0. The highest BCUT2D eigenvalue weighted by molar-refractivity contribution is 5.81. The summed E-state index contributed by atoms with van der Waals surface area (Å²) in [5.41, 5.74) is 0. The van der Waals surface area contributed by atoms with Gasteiger partial charge in [-0.05, 0) is 32.2 Å². The molecule has 1 aliphatic carbocycles. The summed E-state index contributed by atoms with van der Waals surface area (Å²) in [4.78, 5) is 13.5. The highest BCUT2D eigenvalue weighted by Crippen LogP contribution is 2.33. The average molecular weight is 263 g/mol. The minimum absolute atomic E-state index is 0.0225. The molecule has 0 bridgehead atoms. The molecule has 2 fully saturated rings. The molecule has 1 heterocycles. The molecule has 0 aromatic rings. The van der Waals surface area contributed by atoms with Crippen LogP contribution in [-0.4, -0.2) is 36.5 Å². The van der Waals surface area contributed by atoms with Gasteiger partial charge in [-0.1, -0.05) is 6.42 Å². The molecule has 1 saturated heterocycles. The van der Waals surface area contributed by atoms with Crippen LogP contribution in [0.15, 0.2) is 0 Å². The zero-order valence-corrected chi connectivity index (χ0v) is 10.5. The Kier molecular flexibility index (Phi) is 4.30. The summed E-state index contributed by atoms with van der Waals surface area (Å²) in [5, 5.41) is 0. The third-order valence-corrected chi connectivity index (χ3v) is 4.13. The topological polar surface area (TPSA) is 20.3 Å². The number of alkyl halides is 3. The minimum atomic E-state index is -4.09. The maximum atomic E-state index is 12.7. The molecular formula is C13H20F3NO. The molecule has 2 nitrogen and oxygen atoms in total. The smallest absolute Gasteiger partial charge is 0.302 e. The molecule has 0 spiro atoms. The predicted octanol–water partition coefficient (Wildman–Crippen LogP) is 3.02. The van der Waals surface area contributed by atoms with Crippen molar-refractivity contribution >= 4 is 5.78 Å². The van der Waals surface area contributed by atoms with E-state index in [1.807, 2.05) is 4.90 Å². The fourth-order valence-corrected chi connectivity index (χ4v) is 3.05. The number of nitrogens with zero attached hydrogens (tertiary/aromatic N) is 1. The lowest BCUT2D eigenvalue weighted by Gasteiger charge is -2.36. The summed E-state index contributed by atoms with van der Waals surface area (Å²) in [6.45, 7) is 1.31. The molecule has 2 unspecified atom stereocenters. The second-order valence-corrected chi connectivity index (χ2v) is 5.55. The fourth-order valence-electron chi connectivity index (χ4n) is 3.05. The molecule has 0 aromatic carbocycles. The molecule has 1 saturated carbocycles. The van der Waals surface area contributed by atoms with Crippen LogP contribution >= 0.6 is 0 Å². The number of Topliss-reactive ketones (excluding diaryl/α,β-unsaturated/α-hetero) is 1. The van der Waals surface area contributed by atoms with E-state index in [2.05, 4.69) is 0 Å². The minimum Gasteiger partial charge on any atom is -0.302 e. The van der Waals surface area contributed by atoms with Crippen LogP contribution in [0, 0.1) is 11.8 Å². The van der Waals surface area contributed by atoms with Gasteiger partial charge in [0, 0.05) is 25.4 Å². The van der Waals surface area contributed by atoms with Gasteiger partial charge in [-0.3, -0.25) is 4.79 Å². The molecule has 104 valence electrons. The van der Waals surface area contributed by atoms with Gasteiger partial charge in [0.15, 0.2) is 0 Å². The molecule has 2 rings (SSSR count). The van der Waals surface area contributed by atoms with Gasteiger partial charge in [-0.15, -0.1) is 0 Å². The Hall–Kier alpha value is -0.580. The van der Waals surface area contributed by atoms with Crippen molar-refractivity contribution in [3.8, 4) is 0 Å². The molecule has 0 N–H and O–H groups in total. The van der Waals surface area contributed by atoms with Crippen molar-refractivity contribution < 1.29 is 18.0 Å². The van der Waals surface area contributed by atoms with Crippen LogP contribution in [-0.2, 0) is 4.79 Å². The van der Waals surface area contributed by atoms with Crippen molar-refractivity contribution in [3.63, 3.8) is 0 Å². The van der Waals surface area contributed by atoms with Crippen LogP contribution < -0.4 is 0 Å². The number of ketones is 1. The lowest BCUT2D eigenvalue weighted by atomic mass is 9.86. The number of hydrogen-bond acceptors (Lipinski definition) is 2. The normalized spacial score (nSPS) is 31.6. The van der Waals surface area contributed by atoms with Crippen LogP contribution in [0.4, 0.5) is 13.2 Å². The molecule has 0 radical (unpaired) electrons. The number of likely N-dealkylation sites (tertiary alicyclic amines) is 1. The molecule has 0 amide bonds. The maximum Gasteiger partial charge on any atom is 0.393 e. The van der Waals surface area contributed by atoms with E-state index < -0.39 is 12.1 Å². The van der Waals surface area contributed by atoms with Crippen LogP contribution in [0.2, 0.25) is 0 Å². The first-order valence-corrected chi connectivity index (χ1v) is 6.78. The average Bonchev–Trinajstić information content (AvgIpc) is 2.31. The zero-order chi connectivity index (χ0) is 13.2. The van der Waals surface area contributed by atoms with Gasteiger partial charge in [-0.25, -0.2) is 0 Å². The molecule has 2 atom stereocenters. The third kappa shape index (κ3) is 3.46. The van der Waals surface area contributed by atoms with E-state index in [0.29, 0.717) is 25.9 Å². The summed E-state index contributed by atoms with van der Waals surface area (Å²) in [5.74, 6) is -0.981. The van der Waals surface area contributed by atoms with E-state index in [1.165, 1.54) is 0 Å². The van der Waals surface area contributed by atoms with Crippen molar-refractivity contribution in [2.45, 2.75) is 44.7 Å². The van der Waals surface area contributed by atoms with Gasteiger partial charge in [0.25, 0.3) is 0 Å². The van der Waals surface area contributed by atoms with Gasteiger partial charge in [0.05, 0.1) is 5.92 Å². The first kappa shape index (κ1) is 13.8. The second kappa shape index (κ2) is 5.59. The van der Waals surface area contributed by atoms with Crippen molar-refractivity contribution in [2.75, 3.05) is 19.6 Å². The number of carbonyl (C=O) groups excluding carboxylic acids is 1. The summed E-state index contributed by atoms with van der Waals surface area (Å²) in [6, 6.07) is 0. The van der Waals surface area contributed by atoms with Gasteiger partial charge in [-0.2, -0.15) is 13.2 Å². The van der Waals surface area contributed by atoms with Crippen molar-refractivity contribution in [1.82, 2.24) is 4.90 Å². The van der Waals surface area contributed by atoms with Gasteiger partial charge in [0.1, 0.15) is 5.78 Å². The Morgan fingerprint density at radius 2 is 1.94 bits per heavy atom. The molecule has 18 heavy (non-hydrogen) atoms. The number of carbonyl (C=O) groups is 1. The summed E-state index contributed by atoms with van der Waals surface area (Å²) >= 11 is 0. The highest BCUT2D eigenvalue weighted by Gasteiger charge is 2.42. The predicted molar refractivity (Wildman–Crippen MR) is 62.2 cm³/mol. The number of halogens is 3. The Morgan fingerprint density at radius 1 is 1.17 bits per heavy atom. The Morgan fingerprint density at radius 3 is 2.61 bits per heavy atom. The van der Waals surface area contributed by atoms with E-state index in [9.17, 15) is 18.0 Å². The standard InChI is InChI=1S/C13H20F3NO/c14-13(15,16)11-5-3-7-17(9-11)8-10-4-1-2-6-12(10)18/h10-11H,1-9H2. The maximum absolute atomic E-state index is 12.7. The lowest BCUT2D eigenvalue weighted by Crippen LogP contribution is -2.44. The summed E-state index contributed by atoms with van der Waals surface area (Å²) in [6.07, 6.45) is 0.180. The third-order valence-electron chi connectivity index (χ3n) is 4.13. The van der Waals surface area contributed by atoms with Crippen molar-refractivity contribution in [2.24, 2.45) is 11.8 Å². The zero-order valence-electron chi connectivity index (χ0n) is 10.5. The Balaban J connectivity index is 1.87. The van der Waals surface area contributed by atoms with Gasteiger partial charge >= 0.3 is 6.18 Å². The molecule has 2 aliphatic rings. The van der Waals surface area contributed by atoms with Gasteiger partial charge < -0.3 is 4.90 Å². The van der Waals surface area contributed by atoms with Crippen LogP contribution in [0.3, 0.4) is 0 Å². The molecule has 1 aliphatic heterocycles. The molecular weight excluding hydrogens is 243 g/mol. The largest absolute Gasteiger partial charge is 0.393 e. The number of rotatable bonds is 2. The van der Waals surface area contributed by atoms with E-state index in [-0.39, 0.29) is 24.7 Å². The Labute approximate surface area is 106 Å². The molecule has 5 heteroatoms. The van der Waals surface area contributed by atoms with Crippen LogP contribution in [0.5, 0.6) is 0 Å². The van der Waals surface area contributed by atoms with Gasteiger partial charge in [0.2, 0.25) is 0 Å². The van der Waals surface area contributed by atoms with Crippen LogP contribution in [0.1, 0.15) is 38.5 Å². The molecule has 0 aromatic heterocycles. The first-order valence-electron chi connectivity index (χ1n) is 6.78. The first-order chi connectivity index (χ1) is 8.47. The summed E-state index contributed by atoms with van der Waals surface area (Å²) in [7, 11) is 0. The lowest BCUT2D eigenvalue weighted by molar-refractivity contribution is -0.187. The number of piperidine rings is 1. The van der Waals surface area contributed by atoms with Crippen molar-refractivity contribution in [1.29, 1.82) is 0 Å². The van der Waals surface area contributed by atoms with Crippen LogP contribution in [0.25, 0.3) is 0 Å². The highest BCUT2D eigenvalue weighted by atomic mass is 19.4.